The maximum absolute atomic E-state index is 14.0. The fraction of sp³-hybridized carbons (Fsp3) is 0.308. The number of esters is 1. The van der Waals surface area contributed by atoms with Crippen molar-refractivity contribution in [3.05, 3.63) is 79.9 Å². The van der Waals surface area contributed by atoms with Crippen LogP contribution in [-0.2, 0) is 9.53 Å². The van der Waals surface area contributed by atoms with E-state index in [9.17, 15) is 14.9 Å². The third-order valence-corrected chi connectivity index (χ3v) is 7.53. The lowest BCUT2D eigenvalue weighted by Gasteiger charge is -2.35. The molecule has 1 atom stereocenters. The number of aryl methyl sites for hydroxylation is 1. The Balaban J connectivity index is 2.02. The number of benzene rings is 1. The predicted octanol–water partition coefficient (Wildman–Crippen LogP) is 4.91. The maximum Gasteiger partial charge on any atom is 0.337 e. The van der Waals surface area contributed by atoms with Gasteiger partial charge in [-0.05, 0) is 63.4 Å². The molecule has 2 aromatic rings. The van der Waals surface area contributed by atoms with E-state index in [0.717, 1.165) is 16.8 Å². The quantitative estimate of drug-likeness (QED) is 0.587. The van der Waals surface area contributed by atoms with Gasteiger partial charge in [-0.15, -0.1) is 0 Å². The summed E-state index contributed by atoms with van der Waals surface area (Å²) < 4.78 is 5.60. The number of nitrogens with zero attached hydrogens (tertiary/aromatic N) is 3. The molecule has 35 heavy (non-hydrogen) atoms. The van der Waals surface area contributed by atoms with E-state index in [1.54, 1.807) is 38.1 Å². The summed E-state index contributed by atoms with van der Waals surface area (Å²) in [5.74, 6) is -1.57. The average molecular weight is 509 g/mol. The average Bonchev–Trinajstić information content (AvgIpc) is 2.94. The predicted molar refractivity (Wildman–Crippen MR) is 135 cm³/mol. The summed E-state index contributed by atoms with van der Waals surface area (Å²) in [4.78, 5) is 33.4. The zero-order valence-corrected chi connectivity index (χ0v) is 21.7. The van der Waals surface area contributed by atoms with Crippen LogP contribution in [0.1, 0.15) is 52.5 Å². The second kappa shape index (κ2) is 9.40. The molecule has 0 fully saturated rings. The highest BCUT2D eigenvalue weighted by atomic mass is 35.5. The van der Waals surface area contributed by atoms with Crippen molar-refractivity contribution in [2.45, 2.75) is 51.7 Å². The van der Waals surface area contributed by atoms with Crippen molar-refractivity contribution in [3.8, 4) is 6.07 Å². The fourth-order valence-electron chi connectivity index (χ4n) is 4.36. The summed E-state index contributed by atoms with van der Waals surface area (Å²) in [7, 11) is 0. The number of aromatic nitrogens is 1. The number of carbonyl (C=O) groups excluding carboxylic acids is 2. The number of ether oxygens (including phenoxy) is 1. The SMILES string of the molecule is Cc1nc2c(c(C)c1C)C(=O)N1C(N)=C(C#N)C(c3ccc(Cl)cc3)C(C(=O)OC(C)C)=C1CS2. The molecule has 2 aliphatic heterocycles. The van der Waals surface area contributed by atoms with Crippen LogP contribution in [0, 0.1) is 32.1 Å². The highest BCUT2D eigenvalue weighted by Crippen LogP contribution is 2.45. The molecule has 180 valence electrons. The van der Waals surface area contributed by atoms with Crippen molar-refractivity contribution < 1.29 is 14.3 Å². The smallest absolute Gasteiger partial charge is 0.337 e. The molecule has 0 aliphatic carbocycles. The Morgan fingerprint density at radius 3 is 2.51 bits per heavy atom. The third kappa shape index (κ3) is 4.19. The molecule has 0 bridgehead atoms. The second-order valence-corrected chi connectivity index (χ2v) is 10.2. The van der Waals surface area contributed by atoms with Gasteiger partial charge in [0.1, 0.15) is 10.8 Å². The van der Waals surface area contributed by atoms with Gasteiger partial charge in [0.15, 0.2) is 0 Å². The Labute approximate surface area is 213 Å². The Kier molecular flexibility index (Phi) is 6.67. The molecule has 1 aromatic carbocycles. The zero-order valence-electron chi connectivity index (χ0n) is 20.1. The minimum absolute atomic E-state index is 0.000347. The maximum atomic E-state index is 14.0. The van der Waals surface area contributed by atoms with Crippen molar-refractivity contribution in [1.29, 1.82) is 5.26 Å². The number of nitriles is 1. The van der Waals surface area contributed by atoms with Gasteiger partial charge >= 0.3 is 5.97 Å². The molecular formula is C26H25ClN4O3S. The number of allylic oxidation sites excluding steroid dienone is 1. The summed E-state index contributed by atoms with van der Waals surface area (Å²) in [6.45, 7) is 9.18. The van der Waals surface area contributed by atoms with E-state index in [1.807, 2.05) is 20.8 Å². The van der Waals surface area contributed by atoms with Crippen LogP contribution in [0.3, 0.4) is 0 Å². The highest BCUT2D eigenvalue weighted by Gasteiger charge is 2.44. The summed E-state index contributed by atoms with van der Waals surface area (Å²) in [6, 6.07) is 9.02. The lowest BCUT2D eigenvalue weighted by atomic mass is 9.81. The van der Waals surface area contributed by atoms with Crippen LogP contribution in [0.25, 0.3) is 0 Å². The van der Waals surface area contributed by atoms with E-state index in [0.29, 0.717) is 26.9 Å². The molecule has 7 nitrogen and oxygen atoms in total. The van der Waals surface area contributed by atoms with Crippen molar-refractivity contribution >= 4 is 35.2 Å². The number of rotatable bonds is 3. The fourth-order valence-corrected chi connectivity index (χ4v) is 5.63. The van der Waals surface area contributed by atoms with Crippen LogP contribution >= 0.6 is 23.4 Å². The normalized spacial score (nSPS) is 17.7. The standard InChI is InChI=1S/C26H25ClN4O3S/c1-12(2)34-26(33)22-19-11-35-24-20(14(4)13(3)15(5)30-24)25(32)31(19)23(29)18(10-28)21(22)16-6-8-17(27)9-7-16/h6-9,12,21H,11,29H2,1-5H3. The second-order valence-electron chi connectivity index (χ2n) is 8.77. The minimum Gasteiger partial charge on any atom is -0.460 e. The molecule has 2 aliphatic rings. The number of pyridine rings is 1. The number of hydrogen-bond donors (Lipinski definition) is 1. The first-order chi connectivity index (χ1) is 16.6. The van der Waals surface area contributed by atoms with Gasteiger partial charge in [0.05, 0.1) is 34.8 Å². The van der Waals surface area contributed by atoms with Gasteiger partial charge in [0, 0.05) is 22.2 Å². The number of amides is 1. The summed E-state index contributed by atoms with van der Waals surface area (Å²) in [5.41, 5.74) is 10.8. The molecule has 1 aromatic heterocycles. The number of halogens is 1. The largest absolute Gasteiger partial charge is 0.460 e. The Hall–Kier alpha value is -3.28. The van der Waals surface area contributed by atoms with Gasteiger partial charge in [0.2, 0.25) is 0 Å². The van der Waals surface area contributed by atoms with Gasteiger partial charge < -0.3 is 10.5 Å². The molecule has 0 radical (unpaired) electrons. The summed E-state index contributed by atoms with van der Waals surface area (Å²) in [6.07, 6.45) is -0.399. The number of carbonyl (C=O) groups is 2. The van der Waals surface area contributed by atoms with Gasteiger partial charge in [-0.1, -0.05) is 35.5 Å². The first-order valence-electron chi connectivity index (χ1n) is 11.1. The van der Waals surface area contributed by atoms with E-state index >= 15 is 0 Å². The van der Waals surface area contributed by atoms with Crippen molar-refractivity contribution in [2.24, 2.45) is 5.73 Å². The van der Waals surface area contributed by atoms with Crippen molar-refractivity contribution in [1.82, 2.24) is 9.88 Å². The van der Waals surface area contributed by atoms with E-state index in [4.69, 9.17) is 22.1 Å². The Morgan fingerprint density at radius 1 is 1.26 bits per heavy atom. The van der Waals surface area contributed by atoms with Crippen LogP contribution in [0.4, 0.5) is 0 Å². The first kappa shape index (κ1) is 24.8. The zero-order chi connectivity index (χ0) is 25.6. The van der Waals surface area contributed by atoms with Crippen molar-refractivity contribution in [2.75, 3.05) is 5.75 Å². The van der Waals surface area contributed by atoms with E-state index < -0.39 is 23.9 Å². The van der Waals surface area contributed by atoms with Gasteiger partial charge in [-0.3, -0.25) is 9.69 Å². The van der Waals surface area contributed by atoms with Crippen LogP contribution in [0.15, 0.2) is 52.0 Å². The molecule has 3 heterocycles. The molecule has 9 heteroatoms. The molecule has 1 unspecified atom stereocenters. The number of thioether (sulfide) groups is 1. The van der Waals surface area contributed by atoms with Gasteiger partial charge in [0.25, 0.3) is 5.91 Å². The van der Waals surface area contributed by atoms with Gasteiger partial charge in [-0.25, -0.2) is 9.78 Å². The third-order valence-electron chi connectivity index (χ3n) is 6.29. The van der Waals surface area contributed by atoms with Crippen LogP contribution < -0.4 is 5.73 Å². The van der Waals surface area contributed by atoms with Crippen LogP contribution in [-0.4, -0.2) is 33.6 Å². The topological polar surface area (TPSA) is 109 Å². The molecule has 0 spiro atoms. The van der Waals surface area contributed by atoms with Crippen molar-refractivity contribution in [3.63, 3.8) is 0 Å². The first-order valence-corrected chi connectivity index (χ1v) is 12.5. The van der Waals surface area contributed by atoms with E-state index in [1.165, 1.54) is 16.7 Å². The van der Waals surface area contributed by atoms with Gasteiger partial charge in [-0.2, -0.15) is 5.26 Å². The van der Waals surface area contributed by atoms with E-state index in [2.05, 4.69) is 11.1 Å². The summed E-state index contributed by atoms with van der Waals surface area (Å²) in [5, 5.41) is 11.3. The summed E-state index contributed by atoms with van der Waals surface area (Å²) >= 11 is 7.46. The molecule has 4 rings (SSSR count). The molecular weight excluding hydrogens is 484 g/mol. The number of hydrogen-bond acceptors (Lipinski definition) is 7. The lowest BCUT2D eigenvalue weighted by Crippen LogP contribution is -2.41. The number of fused-ring (bicyclic) bond motifs is 2. The molecule has 2 N–H and O–H groups in total. The molecule has 0 saturated carbocycles. The molecule has 1 amide bonds. The van der Waals surface area contributed by atoms with Crippen LogP contribution in [0.2, 0.25) is 5.02 Å². The lowest BCUT2D eigenvalue weighted by molar-refractivity contribution is -0.143. The monoisotopic (exact) mass is 508 g/mol. The minimum atomic E-state index is -0.804. The number of nitrogens with two attached hydrogens (primary N) is 1. The highest BCUT2D eigenvalue weighted by molar-refractivity contribution is 7.99. The Morgan fingerprint density at radius 2 is 1.91 bits per heavy atom. The van der Waals surface area contributed by atoms with E-state index in [-0.39, 0.29) is 22.7 Å². The van der Waals surface area contributed by atoms with Crippen LogP contribution in [0.5, 0.6) is 0 Å². The molecule has 0 saturated heterocycles. The Bertz CT molecular complexity index is 1360.